The lowest BCUT2D eigenvalue weighted by Gasteiger charge is -2.37. The van der Waals surface area contributed by atoms with Gasteiger partial charge in [0.05, 0.1) is 24.2 Å². The molecule has 3 N–H and O–H groups in total. The Morgan fingerprint density at radius 3 is 2.63 bits per heavy atom. The number of nitriles is 1. The first-order chi connectivity index (χ1) is 17.1. The van der Waals surface area contributed by atoms with Gasteiger partial charge in [-0.1, -0.05) is 0 Å². The lowest BCUT2D eigenvalue weighted by Crippen LogP contribution is -2.52. The summed E-state index contributed by atoms with van der Waals surface area (Å²) in [6.45, 7) is 2.10. The van der Waals surface area contributed by atoms with Crippen molar-refractivity contribution < 1.29 is 13.5 Å². The summed E-state index contributed by atoms with van der Waals surface area (Å²) in [7, 11) is 0. The number of nitrogens with one attached hydrogen (secondary N) is 1. The summed E-state index contributed by atoms with van der Waals surface area (Å²) in [6, 6.07) is 5.51. The van der Waals surface area contributed by atoms with Crippen molar-refractivity contribution in [3.8, 4) is 17.2 Å². The third-order valence-corrected chi connectivity index (χ3v) is 8.52. The first-order valence-corrected chi connectivity index (χ1v) is 12.4. The second kappa shape index (κ2) is 7.55. The molecule has 0 aliphatic carbocycles. The predicted octanol–water partition coefficient (Wildman–Crippen LogP) is 4.21. The molecule has 0 saturated carbocycles. The number of benzene rings is 2. The van der Waals surface area contributed by atoms with Crippen LogP contribution in [-0.2, 0) is 18.0 Å². The van der Waals surface area contributed by atoms with E-state index in [1.807, 2.05) is 0 Å². The molecule has 2 saturated heterocycles. The zero-order valence-electron chi connectivity index (χ0n) is 18.6. The summed E-state index contributed by atoms with van der Waals surface area (Å²) in [5, 5.41) is 14.5. The van der Waals surface area contributed by atoms with Gasteiger partial charge in [-0.05, 0) is 36.1 Å². The predicted molar refractivity (Wildman–Crippen MR) is 130 cm³/mol. The fourth-order valence-electron chi connectivity index (χ4n) is 6.07. The highest BCUT2D eigenvalue weighted by Gasteiger charge is 2.40. The molecule has 0 amide bonds. The maximum atomic E-state index is 16.5. The van der Waals surface area contributed by atoms with Crippen LogP contribution in [0, 0.1) is 23.0 Å². The van der Waals surface area contributed by atoms with Crippen molar-refractivity contribution in [3.05, 3.63) is 46.8 Å². The quantitative estimate of drug-likeness (QED) is 0.434. The number of nitrogens with zero attached hydrogens (tertiary/aromatic N) is 4. The number of aromatic nitrogens is 2. The number of thiophene rings is 1. The van der Waals surface area contributed by atoms with E-state index in [1.165, 1.54) is 23.7 Å². The van der Waals surface area contributed by atoms with E-state index in [0.29, 0.717) is 26.9 Å². The Balaban J connectivity index is 1.57. The molecule has 2 unspecified atom stereocenters. The van der Waals surface area contributed by atoms with Crippen LogP contribution >= 0.6 is 11.3 Å². The minimum atomic E-state index is -0.629. The van der Waals surface area contributed by atoms with Gasteiger partial charge in [0, 0.05) is 46.4 Å². The van der Waals surface area contributed by atoms with E-state index in [4.69, 9.17) is 10.5 Å². The standard InChI is InChI=1S/C25H20F2N6OS/c26-16-3-4-17-18(13(5-28)24(29)35-17)21(16)19-14-8-34-9-15(14)20-23(22(19)27)31-10-32-25(20)33-11-1-2-12(33)7-30-6-11/h3-4,10-12,30H,1-2,6-9,29H2. The number of anilines is 2. The van der Waals surface area contributed by atoms with Crippen LogP contribution < -0.4 is 16.0 Å². The molecule has 2 atom stereocenters. The van der Waals surface area contributed by atoms with E-state index in [0.717, 1.165) is 31.5 Å². The van der Waals surface area contributed by atoms with E-state index in [2.05, 4.69) is 26.3 Å². The van der Waals surface area contributed by atoms with Gasteiger partial charge in [-0.15, -0.1) is 11.3 Å². The summed E-state index contributed by atoms with van der Waals surface area (Å²) in [4.78, 5) is 11.3. The summed E-state index contributed by atoms with van der Waals surface area (Å²) in [5.41, 5.74) is 7.85. The number of rotatable bonds is 2. The third-order valence-electron chi connectivity index (χ3n) is 7.53. The molecular formula is C25H20F2N6OS. The van der Waals surface area contributed by atoms with Crippen LogP contribution in [0.5, 0.6) is 0 Å². The van der Waals surface area contributed by atoms with Gasteiger partial charge in [0.1, 0.15) is 34.5 Å². The van der Waals surface area contributed by atoms with Crippen LogP contribution in [0.3, 0.4) is 0 Å². The van der Waals surface area contributed by atoms with Crippen molar-refractivity contribution in [1.82, 2.24) is 15.3 Å². The molecule has 10 heteroatoms. The highest BCUT2D eigenvalue weighted by atomic mass is 32.1. The van der Waals surface area contributed by atoms with E-state index in [9.17, 15) is 5.26 Å². The first kappa shape index (κ1) is 20.9. The van der Waals surface area contributed by atoms with Gasteiger partial charge < -0.3 is 20.7 Å². The van der Waals surface area contributed by atoms with Crippen molar-refractivity contribution in [1.29, 1.82) is 5.26 Å². The van der Waals surface area contributed by atoms with Crippen molar-refractivity contribution in [3.63, 3.8) is 0 Å². The van der Waals surface area contributed by atoms with Gasteiger partial charge in [-0.25, -0.2) is 18.7 Å². The average molecular weight is 491 g/mol. The fraction of sp³-hybridized carbons (Fsp3) is 0.320. The van der Waals surface area contributed by atoms with Crippen molar-refractivity contribution in [2.24, 2.45) is 0 Å². The molecule has 7 nitrogen and oxygen atoms in total. The summed E-state index contributed by atoms with van der Waals surface area (Å²) < 4.78 is 38.4. The van der Waals surface area contributed by atoms with Gasteiger partial charge >= 0.3 is 0 Å². The number of hydrogen-bond acceptors (Lipinski definition) is 8. The van der Waals surface area contributed by atoms with E-state index >= 15 is 8.78 Å². The van der Waals surface area contributed by atoms with Crippen molar-refractivity contribution in [2.45, 2.75) is 38.1 Å². The maximum absolute atomic E-state index is 16.5. The zero-order chi connectivity index (χ0) is 23.8. The number of nitrogens with two attached hydrogens (primary N) is 1. The van der Waals surface area contributed by atoms with Gasteiger partial charge in [0.25, 0.3) is 0 Å². The number of halogens is 2. The first-order valence-electron chi connectivity index (χ1n) is 11.5. The SMILES string of the molecule is N#Cc1c(N)sc2ccc(F)c(-c3c4c(c5c(N6C7CCC6CNC7)ncnc5c3F)COC4)c12. The number of piperazine rings is 1. The number of ether oxygens (including phenoxy) is 1. The molecule has 35 heavy (non-hydrogen) atoms. The Labute approximate surface area is 203 Å². The van der Waals surface area contributed by atoms with Gasteiger partial charge in [-0.2, -0.15) is 5.26 Å². The number of fused-ring (bicyclic) bond motifs is 6. The van der Waals surface area contributed by atoms with E-state index in [1.54, 1.807) is 6.07 Å². The summed E-state index contributed by atoms with van der Waals surface area (Å²) in [5.74, 6) is -0.531. The summed E-state index contributed by atoms with van der Waals surface area (Å²) >= 11 is 1.19. The highest BCUT2D eigenvalue weighted by Crippen LogP contribution is 2.48. The smallest absolute Gasteiger partial charge is 0.157 e. The lowest BCUT2D eigenvalue weighted by molar-refractivity contribution is 0.135. The van der Waals surface area contributed by atoms with Crippen molar-refractivity contribution in [2.75, 3.05) is 23.7 Å². The monoisotopic (exact) mass is 490 g/mol. The van der Waals surface area contributed by atoms with Gasteiger partial charge in [0.15, 0.2) is 5.82 Å². The lowest BCUT2D eigenvalue weighted by atomic mass is 9.90. The van der Waals surface area contributed by atoms with Gasteiger partial charge in [0.2, 0.25) is 0 Å². The Kier molecular flexibility index (Phi) is 4.52. The van der Waals surface area contributed by atoms with Crippen LogP contribution in [0.2, 0.25) is 0 Å². The molecule has 4 aromatic rings. The van der Waals surface area contributed by atoms with Crippen LogP contribution in [0.4, 0.5) is 19.6 Å². The molecule has 176 valence electrons. The average Bonchev–Trinajstić information content (AvgIpc) is 3.53. The molecule has 2 aromatic carbocycles. The molecule has 3 aliphatic rings. The molecule has 2 fully saturated rings. The maximum Gasteiger partial charge on any atom is 0.157 e. The minimum absolute atomic E-state index is 0.0376. The second-order valence-electron chi connectivity index (χ2n) is 9.26. The van der Waals surface area contributed by atoms with E-state index < -0.39 is 11.6 Å². The molecule has 0 spiro atoms. The van der Waals surface area contributed by atoms with Crippen LogP contribution in [-0.4, -0.2) is 35.1 Å². The molecule has 7 rings (SSSR count). The second-order valence-corrected chi connectivity index (χ2v) is 10.3. The molecule has 2 aromatic heterocycles. The minimum Gasteiger partial charge on any atom is -0.389 e. The molecule has 0 radical (unpaired) electrons. The summed E-state index contributed by atoms with van der Waals surface area (Å²) in [6.07, 6.45) is 3.48. The van der Waals surface area contributed by atoms with Crippen LogP contribution in [0.1, 0.15) is 29.5 Å². The zero-order valence-corrected chi connectivity index (χ0v) is 19.4. The van der Waals surface area contributed by atoms with Crippen molar-refractivity contribution >= 4 is 43.1 Å². The third kappa shape index (κ3) is 2.80. The molecule has 3 aliphatic heterocycles. The number of nitrogen functional groups attached to an aromatic ring is 1. The normalized spacial score (nSPS) is 21.1. The van der Waals surface area contributed by atoms with Gasteiger partial charge in [-0.3, -0.25) is 0 Å². The fourth-order valence-corrected chi connectivity index (χ4v) is 7.00. The van der Waals surface area contributed by atoms with Crippen LogP contribution in [0.15, 0.2) is 18.5 Å². The van der Waals surface area contributed by atoms with E-state index in [-0.39, 0.29) is 52.5 Å². The Hall–Kier alpha value is -3.39. The Bertz CT molecular complexity index is 1580. The topological polar surface area (TPSA) is 100 Å². The molecule has 5 heterocycles. The number of hydrogen-bond donors (Lipinski definition) is 2. The Morgan fingerprint density at radius 2 is 1.86 bits per heavy atom. The highest BCUT2D eigenvalue weighted by molar-refractivity contribution is 7.23. The Morgan fingerprint density at radius 1 is 1.09 bits per heavy atom. The molecular weight excluding hydrogens is 470 g/mol. The largest absolute Gasteiger partial charge is 0.389 e. The molecule has 2 bridgehead atoms. The van der Waals surface area contributed by atoms with Crippen LogP contribution in [0.25, 0.3) is 32.1 Å².